The van der Waals surface area contributed by atoms with Gasteiger partial charge in [-0.1, -0.05) is 27.2 Å². The van der Waals surface area contributed by atoms with Gasteiger partial charge in [0.05, 0.1) is 6.61 Å². The number of urea groups is 1. The van der Waals surface area contributed by atoms with E-state index < -0.39 is 18.0 Å². The number of carbonyl (C=O) groups is 2. The lowest BCUT2D eigenvalue weighted by Crippen LogP contribution is -2.51. The van der Waals surface area contributed by atoms with Gasteiger partial charge in [0.1, 0.15) is 6.04 Å². The first-order chi connectivity index (χ1) is 8.47. The minimum atomic E-state index is -1.03. The molecule has 0 aromatic heterocycles. The van der Waals surface area contributed by atoms with E-state index in [1.807, 2.05) is 13.8 Å². The summed E-state index contributed by atoms with van der Waals surface area (Å²) in [4.78, 5) is 24.4. The van der Waals surface area contributed by atoms with Crippen molar-refractivity contribution in [2.24, 2.45) is 5.92 Å². The predicted octanol–water partition coefficient (Wildman–Crippen LogP) is 0.900. The summed E-state index contributed by atoms with van der Waals surface area (Å²) in [5.74, 6) is -1.16. The molecule has 0 bridgehead atoms. The number of carboxylic acid groups (broad SMARTS) is 1. The molecule has 0 aliphatic rings. The number of rotatable bonds is 8. The number of aliphatic carboxylic acids is 1. The number of aliphatic hydroxyl groups excluding tert-OH is 1. The van der Waals surface area contributed by atoms with E-state index in [9.17, 15) is 9.59 Å². The van der Waals surface area contributed by atoms with E-state index >= 15 is 0 Å². The molecule has 2 unspecified atom stereocenters. The molecule has 106 valence electrons. The van der Waals surface area contributed by atoms with Crippen LogP contribution in [0, 0.1) is 5.92 Å². The van der Waals surface area contributed by atoms with Crippen LogP contribution in [0.5, 0.6) is 0 Å². The van der Waals surface area contributed by atoms with E-state index in [1.165, 1.54) is 4.90 Å². The second-order valence-electron chi connectivity index (χ2n) is 4.36. The molecule has 6 nitrogen and oxygen atoms in total. The Kier molecular flexibility index (Phi) is 8.11. The fraction of sp³-hybridized carbons (Fsp3) is 0.833. The van der Waals surface area contributed by atoms with Crippen molar-refractivity contribution in [1.29, 1.82) is 0 Å². The van der Waals surface area contributed by atoms with Gasteiger partial charge in [0.15, 0.2) is 0 Å². The quantitative estimate of drug-likeness (QED) is 0.605. The van der Waals surface area contributed by atoms with E-state index in [2.05, 4.69) is 5.32 Å². The molecule has 0 saturated carbocycles. The Morgan fingerprint density at radius 3 is 2.28 bits per heavy atom. The van der Waals surface area contributed by atoms with Crippen molar-refractivity contribution < 1.29 is 19.8 Å². The third kappa shape index (κ3) is 5.35. The monoisotopic (exact) mass is 260 g/mol. The van der Waals surface area contributed by atoms with Gasteiger partial charge in [0, 0.05) is 13.1 Å². The number of carboxylic acids is 1. The van der Waals surface area contributed by atoms with Gasteiger partial charge < -0.3 is 20.4 Å². The Morgan fingerprint density at radius 2 is 1.89 bits per heavy atom. The van der Waals surface area contributed by atoms with Crippen LogP contribution in [0.2, 0.25) is 0 Å². The SMILES string of the molecule is CCCN(CCO)C(=O)NC(C(=O)O)C(C)CC. The third-order valence-electron chi connectivity index (χ3n) is 2.91. The summed E-state index contributed by atoms with van der Waals surface area (Å²) in [6.45, 7) is 6.17. The molecule has 0 spiro atoms. The zero-order valence-corrected chi connectivity index (χ0v) is 11.3. The maximum Gasteiger partial charge on any atom is 0.326 e. The molecular formula is C12H24N2O4. The highest BCUT2D eigenvalue weighted by molar-refractivity contribution is 5.82. The second kappa shape index (κ2) is 8.74. The van der Waals surface area contributed by atoms with Crippen LogP contribution in [0.15, 0.2) is 0 Å². The Morgan fingerprint density at radius 1 is 1.28 bits per heavy atom. The number of aliphatic hydroxyl groups is 1. The van der Waals surface area contributed by atoms with E-state index in [0.29, 0.717) is 13.0 Å². The Hall–Kier alpha value is -1.30. The van der Waals surface area contributed by atoms with Gasteiger partial charge in [-0.25, -0.2) is 9.59 Å². The van der Waals surface area contributed by atoms with E-state index in [-0.39, 0.29) is 19.1 Å². The first-order valence-electron chi connectivity index (χ1n) is 6.36. The molecule has 0 rings (SSSR count). The number of hydrogen-bond donors (Lipinski definition) is 3. The molecule has 2 atom stereocenters. The van der Waals surface area contributed by atoms with E-state index in [4.69, 9.17) is 10.2 Å². The van der Waals surface area contributed by atoms with E-state index in [0.717, 1.165) is 6.42 Å². The largest absolute Gasteiger partial charge is 0.480 e. The maximum atomic E-state index is 11.9. The average Bonchev–Trinajstić information content (AvgIpc) is 2.34. The summed E-state index contributed by atoms with van der Waals surface area (Å²) in [7, 11) is 0. The molecule has 2 amide bonds. The smallest absolute Gasteiger partial charge is 0.326 e. The highest BCUT2D eigenvalue weighted by Crippen LogP contribution is 2.08. The third-order valence-corrected chi connectivity index (χ3v) is 2.91. The average molecular weight is 260 g/mol. The van der Waals surface area contributed by atoms with Crippen LogP contribution in [0.25, 0.3) is 0 Å². The summed E-state index contributed by atoms with van der Waals surface area (Å²) >= 11 is 0. The van der Waals surface area contributed by atoms with Crippen LogP contribution < -0.4 is 5.32 Å². The fourth-order valence-corrected chi connectivity index (χ4v) is 1.61. The molecule has 0 fully saturated rings. The normalized spacial score (nSPS) is 13.8. The Balaban J connectivity index is 4.59. The van der Waals surface area contributed by atoms with Gasteiger partial charge in [0.25, 0.3) is 0 Å². The Labute approximate surface area is 108 Å². The minimum absolute atomic E-state index is 0.130. The lowest BCUT2D eigenvalue weighted by atomic mass is 9.99. The van der Waals surface area contributed by atoms with Crippen molar-refractivity contribution in [2.45, 2.75) is 39.7 Å². The number of hydrogen-bond acceptors (Lipinski definition) is 3. The number of amides is 2. The van der Waals surface area contributed by atoms with Crippen molar-refractivity contribution in [3.63, 3.8) is 0 Å². The van der Waals surface area contributed by atoms with E-state index in [1.54, 1.807) is 6.92 Å². The van der Waals surface area contributed by atoms with Gasteiger partial charge in [0.2, 0.25) is 0 Å². The number of carbonyl (C=O) groups excluding carboxylic acids is 1. The molecule has 6 heteroatoms. The minimum Gasteiger partial charge on any atom is -0.480 e. The van der Waals surface area contributed by atoms with Crippen LogP contribution in [0.4, 0.5) is 4.79 Å². The summed E-state index contributed by atoms with van der Waals surface area (Å²) in [6.07, 6.45) is 1.43. The molecule has 0 radical (unpaired) electrons. The molecule has 3 N–H and O–H groups in total. The first-order valence-corrected chi connectivity index (χ1v) is 6.36. The van der Waals surface area contributed by atoms with Gasteiger partial charge >= 0.3 is 12.0 Å². The highest BCUT2D eigenvalue weighted by atomic mass is 16.4. The van der Waals surface area contributed by atoms with Gasteiger partial charge in [-0.2, -0.15) is 0 Å². The zero-order valence-electron chi connectivity index (χ0n) is 11.3. The molecule has 0 heterocycles. The fourth-order valence-electron chi connectivity index (χ4n) is 1.61. The molecule has 0 aromatic rings. The summed E-state index contributed by atoms with van der Waals surface area (Å²) in [5, 5.41) is 20.5. The number of nitrogens with one attached hydrogen (secondary N) is 1. The summed E-state index contributed by atoms with van der Waals surface area (Å²) in [5.41, 5.74) is 0. The van der Waals surface area contributed by atoms with Gasteiger partial charge in [-0.15, -0.1) is 0 Å². The molecular weight excluding hydrogens is 236 g/mol. The van der Waals surface area contributed by atoms with Crippen LogP contribution in [-0.2, 0) is 4.79 Å². The van der Waals surface area contributed by atoms with Crippen molar-refractivity contribution in [3.8, 4) is 0 Å². The summed E-state index contributed by atoms with van der Waals surface area (Å²) in [6, 6.07) is -1.32. The molecule has 0 saturated heterocycles. The van der Waals surface area contributed by atoms with Crippen LogP contribution in [0.1, 0.15) is 33.6 Å². The van der Waals surface area contributed by atoms with Crippen molar-refractivity contribution in [1.82, 2.24) is 10.2 Å². The number of nitrogens with zero attached hydrogens (tertiary/aromatic N) is 1. The first kappa shape index (κ1) is 16.7. The lowest BCUT2D eigenvalue weighted by molar-refractivity contribution is -0.140. The molecule has 0 aliphatic carbocycles. The molecule has 0 aromatic carbocycles. The van der Waals surface area contributed by atoms with Crippen LogP contribution in [0.3, 0.4) is 0 Å². The van der Waals surface area contributed by atoms with Gasteiger partial charge in [-0.05, 0) is 12.3 Å². The molecule has 18 heavy (non-hydrogen) atoms. The maximum absolute atomic E-state index is 11.9. The van der Waals surface area contributed by atoms with Crippen molar-refractivity contribution >= 4 is 12.0 Å². The lowest BCUT2D eigenvalue weighted by Gasteiger charge is -2.26. The van der Waals surface area contributed by atoms with Crippen LogP contribution in [-0.4, -0.2) is 52.9 Å². The van der Waals surface area contributed by atoms with Crippen LogP contribution >= 0.6 is 0 Å². The second-order valence-corrected chi connectivity index (χ2v) is 4.36. The Bertz CT molecular complexity index is 265. The van der Waals surface area contributed by atoms with Gasteiger partial charge in [-0.3, -0.25) is 0 Å². The van der Waals surface area contributed by atoms with Crippen molar-refractivity contribution in [2.75, 3.05) is 19.7 Å². The topological polar surface area (TPSA) is 89.9 Å². The standard InChI is InChI=1S/C12H24N2O4/c1-4-6-14(7-8-15)12(18)13-10(11(16)17)9(3)5-2/h9-10,15H,4-8H2,1-3H3,(H,13,18)(H,16,17). The van der Waals surface area contributed by atoms with Crippen molar-refractivity contribution in [3.05, 3.63) is 0 Å². The predicted molar refractivity (Wildman–Crippen MR) is 68.4 cm³/mol. The zero-order chi connectivity index (χ0) is 14.1. The summed E-state index contributed by atoms with van der Waals surface area (Å²) < 4.78 is 0. The highest BCUT2D eigenvalue weighted by Gasteiger charge is 2.26. The molecule has 0 aliphatic heterocycles.